The van der Waals surface area contributed by atoms with Gasteiger partial charge in [0.05, 0.1) is 18.2 Å². The van der Waals surface area contributed by atoms with Crippen LogP contribution in [0.5, 0.6) is 0 Å². The minimum absolute atomic E-state index is 0.102. The Balaban J connectivity index is 2.06. The number of hydrogen-bond donors (Lipinski definition) is 2. The van der Waals surface area contributed by atoms with Crippen molar-refractivity contribution in [2.24, 2.45) is 0 Å². The second kappa shape index (κ2) is 6.51. The second-order valence-corrected chi connectivity index (χ2v) is 5.72. The van der Waals surface area contributed by atoms with Crippen molar-refractivity contribution in [3.8, 4) is 0 Å². The van der Waals surface area contributed by atoms with Gasteiger partial charge in [-0.2, -0.15) is 0 Å². The first-order valence-corrected chi connectivity index (χ1v) is 7.15. The molecule has 3 nitrogen and oxygen atoms in total. The molecule has 0 bridgehead atoms. The number of aliphatic hydroxyl groups excluding tert-OH is 1. The molecule has 3 unspecified atom stereocenters. The average Bonchev–Trinajstić information content (AvgIpc) is 2.48. The highest BCUT2D eigenvalue weighted by Gasteiger charge is 2.31. The quantitative estimate of drug-likeness (QED) is 0.857. The Morgan fingerprint density at radius 1 is 1.32 bits per heavy atom. The molecule has 0 saturated heterocycles. The first-order chi connectivity index (χ1) is 9.18. The number of nitrogens with one attached hydrogen (secondary N) is 1. The molecule has 0 heterocycles. The Morgan fingerprint density at radius 2 is 2.05 bits per heavy atom. The highest BCUT2D eigenvalue weighted by atomic mass is 16.5. The summed E-state index contributed by atoms with van der Waals surface area (Å²) in [5, 5.41) is 13.4. The molecule has 1 aliphatic carbocycles. The van der Waals surface area contributed by atoms with E-state index < -0.39 is 0 Å². The summed E-state index contributed by atoms with van der Waals surface area (Å²) in [7, 11) is 1.79. The fourth-order valence-electron chi connectivity index (χ4n) is 2.97. The molecular formula is C16H25NO2. The van der Waals surface area contributed by atoms with Crippen molar-refractivity contribution in [3.63, 3.8) is 0 Å². The Labute approximate surface area is 116 Å². The van der Waals surface area contributed by atoms with Gasteiger partial charge in [0.2, 0.25) is 0 Å². The smallest absolute Gasteiger partial charge is 0.0652 e. The van der Waals surface area contributed by atoms with Crippen LogP contribution < -0.4 is 5.32 Å². The minimum atomic E-state index is -0.373. The third-order valence-electron chi connectivity index (χ3n) is 4.21. The van der Waals surface area contributed by atoms with Gasteiger partial charge in [0.25, 0.3) is 0 Å². The van der Waals surface area contributed by atoms with Gasteiger partial charge in [0, 0.05) is 13.2 Å². The summed E-state index contributed by atoms with van der Waals surface area (Å²) in [6, 6.07) is 10.6. The van der Waals surface area contributed by atoms with E-state index in [1.54, 1.807) is 7.11 Å². The number of benzene rings is 1. The van der Waals surface area contributed by atoms with Gasteiger partial charge in [-0.15, -0.1) is 0 Å². The summed E-state index contributed by atoms with van der Waals surface area (Å²) < 4.78 is 5.47. The molecule has 106 valence electrons. The van der Waals surface area contributed by atoms with E-state index in [2.05, 4.69) is 24.4 Å². The van der Waals surface area contributed by atoms with Gasteiger partial charge in [-0.3, -0.25) is 0 Å². The van der Waals surface area contributed by atoms with Crippen LogP contribution in [0.3, 0.4) is 0 Å². The van der Waals surface area contributed by atoms with Crippen LogP contribution in [0.1, 0.15) is 38.2 Å². The molecule has 0 aliphatic heterocycles. The fourth-order valence-corrected chi connectivity index (χ4v) is 2.97. The van der Waals surface area contributed by atoms with E-state index in [9.17, 15) is 5.11 Å². The number of methoxy groups -OCH3 is 1. The maximum absolute atomic E-state index is 9.80. The van der Waals surface area contributed by atoms with E-state index in [4.69, 9.17) is 4.74 Å². The number of aliphatic hydroxyl groups is 1. The molecule has 1 aromatic rings. The monoisotopic (exact) mass is 263 g/mol. The van der Waals surface area contributed by atoms with Gasteiger partial charge in [-0.05, 0) is 38.2 Å². The maximum Gasteiger partial charge on any atom is 0.0652 e. The lowest BCUT2D eigenvalue weighted by Gasteiger charge is -2.37. The molecule has 3 heteroatoms. The standard InChI is InChI=1S/C16H25NO2/c1-16(12-18,13-7-4-3-5-8-13)17-14-9-6-10-15(11-14)19-2/h3-5,7-8,14-15,17-18H,6,9-12H2,1-2H3. The predicted octanol–water partition coefficient (Wildman–Crippen LogP) is 2.44. The van der Waals surface area contributed by atoms with Gasteiger partial charge in [-0.25, -0.2) is 0 Å². The summed E-state index contributed by atoms with van der Waals surface area (Å²) in [6.45, 7) is 2.17. The molecular weight excluding hydrogens is 238 g/mol. The molecule has 1 saturated carbocycles. The van der Waals surface area contributed by atoms with E-state index in [-0.39, 0.29) is 12.1 Å². The summed E-state index contributed by atoms with van der Waals surface area (Å²) in [4.78, 5) is 0. The van der Waals surface area contributed by atoms with Crippen molar-refractivity contribution in [3.05, 3.63) is 35.9 Å². The highest BCUT2D eigenvalue weighted by Crippen LogP contribution is 2.26. The zero-order valence-corrected chi connectivity index (χ0v) is 11.9. The summed E-state index contributed by atoms with van der Waals surface area (Å²) in [5.74, 6) is 0. The van der Waals surface area contributed by atoms with Gasteiger partial charge in [0.1, 0.15) is 0 Å². The molecule has 3 atom stereocenters. The van der Waals surface area contributed by atoms with Crippen LogP contribution in [0.2, 0.25) is 0 Å². The summed E-state index contributed by atoms with van der Waals surface area (Å²) in [6.07, 6.45) is 4.87. The Hall–Kier alpha value is -0.900. The summed E-state index contributed by atoms with van der Waals surface area (Å²) >= 11 is 0. The zero-order valence-electron chi connectivity index (χ0n) is 11.9. The van der Waals surface area contributed by atoms with Crippen molar-refractivity contribution in [2.45, 2.75) is 50.3 Å². The lowest BCUT2D eigenvalue weighted by atomic mass is 9.87. The van der Waals surface area contributed by atoms with E-state index >= 15 is 0 Å². The van der Waals surface area contributed by atoms with Crippen LogP contribution in [0.15, 0.2) is 30.3 Å². The highest BCUT2D eigenvalue weighted by molar-refractivity contribution is 5.24. The number of hydrogen-bond acceptors (Lipinski definition) is 3. The fraction of sp³-hybridized carbons (Fsp3) is 0.625. The lowest BCUT2D eigenvalue weighted by Crippen LogP contribution is -2.50. The molecule has 2 N–H and O–H groups in total. The van der Waals surface area contributed by atoms with Crippen LogP contribution in [0, 0.1) is 0 Å². The van der Waals surface area contributed by atoms with E-state index in [1.807, 2.05) is 18.2 Å². The van der Waals surface area contributed by atoms with Gasteiger partial charge >= 0.3 is 0 Å². The molecule has 1 fully saturated rings. The Kier molecular flexibility index (Phi) is 4.97. The van der Waals surface area contributed by atoms with Crippen molar-refractivity contribution in [1.29, 1.82) is 0 Å². The molecule has 0 amide bonds. The summed E-state index contributed by atoms with van der Waals surface area (Å²) in [5.41, 5.74) is 0.763. The van der Waals surface area contributed by atoms with Crippen LogP contribution in [0.4, 0.5) is 0 Å². The van der Waals surface area contributed by atoms with Crippen molar-refractivity contribution < 1.29 is 9.84 Å². The van der Waals surface area contributed by atoms with Crippen LogP contribution in [-0.4, -0.2) is 31.0 Å². The topological polar surface area (TPSA) is 41.5 Å². The Morgan fingerprint density at radius 3 is 2.68 bits per heavy atom. The maximum atomic E-state index is 9.80. The molecule has 0 radical (unpaired) electrons. The Bertz CT molecular complexity index is 382. The zero-order chi connectivity index (χ0) is 13.7. The molecule has 1 aromatic carbocycles. The first-order valence-electron chi connectivity index (χ1n) is 7.15. The SMILES string of the molecule is COC1CCCC(NC(C)(CO)c2ccccc2)C1. The molecule has 0 aromatic heterocycles. The van der Waals surface area contributed by atoms with Crippen molar-refractivity contribution >= 4 is 0 Å². The predicted molar refractivity (Wildman–Crippen MR) is 77.1 cm³/mol. The number of ether oxygens (including phenoxy) is 1. The van der Waals surface area contributed by atoms with Crippen LogP contribution in [-0.2, 0) is 10.3 Å². The molecule has 0 spiro atoms. The molecule has 2 rings (SSSR count). The van der Waals surface area contributed by atoms with Crippen LogP contribution in [0.25, 0.3) is 0 Å². The largest absolute Gasteiger partial charge is 0.394 e. The minimum Gasteiger partial charge on any atom is -0.394 e. The normalized spacial score (nSPS) is 26.9. The van der Waals surface area contributed by atoms with Crippen molar-refractivity contribution in [1.82, 2.24) is 5.32 Å². The van der Waals surface area contributed by atoms with E-state index in [0.29, 0.717) is 12.1 Å². The molecule has 19 heavy (non-hydrogen) atoms. The van der Waals surface area contributed by atoms with Gasteiger partial charge < -0.3 is 15.2 Å². The first kappa shape index (κ1) is 14.5. The lowest BCUT2D eigenvalue weighted by molar-refractivity contribution is 0.0476. The second-order valence-electron chi connectivity index (χ2n) is 5.72. The van der Waals surface area contributed by atoms with Crippen LogP contribution >= 0.6 is 0 Å². The van der Waals surface area contributed by atoms with Gasteiger partial charge in [0.15, 0.2) is 0 Å². The van der Waals surface area contributed by atoms with E-state index in [0.717, 1.165) is 24.8 Å². The van der Waals surface area contributed by atoms with Gasteiger partial charge in [-0.1, -0.05) is 30.3 Å². The number of rotatable bonds is 5. The molecule has 1 aliphatic rings. The third kappa shape index (κ3) is 3.56. The average molecular weight is 263 g/mol. The van der Waals surface area contributed by atoms with Crippen molar-refractivity contribution in [2.75, 3.05) is 13.7 Å². The third-order valence-corrected chi connectivity index (χ3v) is 4.21. The van der Waals surface area contributed by atoms with E-state index in [1.165, 1.54) is 6.42 Å².